The van der Waals surface area contributed by atoms with Crippen molar-refractivity contribution in [3.8, 4) is 11.5 Å². The first kappa shape index (κ1) is 18.6. The number of amides is 2. The fourth-order valence-corrected chi connectivity index (χ4v) is 2.96. The minimum absolute atomic E-state index is 0.114. The lowest BCUT2D eigenvalue weighted by molar-refractivity contribution is 0.256. The highest BCUT2D eigenvalue weighted by Gasteiger charge is 2.09. The monoisotopic (exact) mass is 391 g/mol. The van der Waals surface area contributed by atoms with Crippen molar-refractivity contribution in [2.45, 2.75) is 13.2 Å². The molecule has 1 aliphatic heterocycles. The van der Waals surface area contributed by atoms with E-state index in [1.165, 1.54) is 6.07 Å². The maximum Gasteiger partial charge on any atom is 0.368 e. The van der Waals surface area contributed by atoms with E-state index in [9.17, 15) is 9.18 Å². The first-order chi connectivity index (χ1) is 14.1. The Morgan fingerprint density at radius 2 is 1.79 bits per heavy atom. The summed E-state index contributed by atoms with van der Waals surface area (Å²) in [5.41, 5.74) is 2.28. The number of rotatable bonds is 7. The summed E-state index contributed by atoms with van der Waals surface area (Å²) in [6.07, 6.45) is 0. The molecule has 6 nitrogen and oxygen atoms in total. The Bertz CT molecular complexity index is 1190. The Hall–Kier alpha value is -3.74. The van der Waals surface area contributed by atoms with E-state index < -0.39 is 6.03 Å². The molecule has 0 saturated heterocycles. The molecule has 3 aromatic rings. The number of halogens is 1. The second kappa shape index (κ2) is 8.10. The van der Waals surface area contributed by atoms with E-state index in [2.05, 4.69) is 15.3 Å². The average molecular weight is 391 g/mol. The average Bonchev–Trinajstić information content (AvgIpc) is 3.11. The number of fused-ring (bicyclic) bond motifs is 1. The summed E-state index contributed by atoms with van der Waals surface area (Å²) in [7, 11) is 1.56. The van der Waals surface area contributed by atoms with Crippen molar-refractivity contribution in [2.24, 2.45) is 9.98 Å². The van der Waals surface area contributed by atoms with Crippen LogP contribution >= 0.6 is 0 Å². The molecule has 1 aliphatic rings. The van der Waals surface area contributed by atoms with E-state index in [0.29, 0.717) is 34.3 Å². The maximum absolute atomic E-state index is 13.8. The molecule has 0 atom stereocenters. The molecule has 2 amide bonds. The van der Waals surface area contributed by atoms with Crippen molar-refractivity contribution >= 4 is 11.7 Å². The van der Waals surface area contributed by atoms with Gasteiger partial charge in [-0.2, -0.15) is 9.98 Å². The maximum atomic E-state index is 13.8. The van der Waals surface area contributed by atoms with Crippen molar-refractivity contribution in [3.63, 3.8) is 0 Å². The van der Waals surface area contributed by atoms with Crippen LogP contribution in [0.1, 0.15) is 11.1 Å². The van der Waals surface area contributed by atoms with E-state index in [1.807, 2.05) is 18.2 Å². The molecule has 0 bridgehead atoms. The summed E-state index contributed by atoms with van der Waals surface area (Å²) in [4.78, 5) is 18.9. The van der Waals surface area contributed by atoms with Gasteiger partial charge in [-0.3, -0.25) is 0 Å². The van der Waals surface area contributed by atoms with E-state index in [0.717, 1.165) is 11.3 Å². The molecule has 7 heteroatoms. The highest BCUT2D eigenvalue weighted by Crippen LogP contribution is 2.29. The molecule has 146 valence electrons. The number of urea groups is 1. The van der Waals surface area contributed by atoms with Crippen LogP contribution in [0.15, 0.2) is 70.6 Å². The molecule has 4 rings (SSSR count). The standard InChI is InChI=1S/C22H18FN3O3/c1-28-21-10-14(6-9-20(21)29-13-15-4-2-3-5-17(15)23)12-24-16-7-8-18-19(11-16)26-22(27)25-18/h2-11,24H,12-13H2,1H3. The van der Waals surface area contributed by atoms with Gasteiger partial charge in [0.05, 0.1) is 17.8 Å². The number of nitrogens with one attached hydrogen (secondary N) is 1. The van der Waals surface area contributed by atoms with Crippen LogP contribution in [0.25, 0.3) is 0 Å². The van der Waals surface area contributed by atoms with Gasteiger partial charge in [-0.05, 0) is 42.0 Å². The summed E-state index contributed by atoms with van der Waals surface area (Å²) >= 11 is 0. The Balaban J connectivity index is 1.44. The Labute approximate surface area is 166 Å². The summed E-state index contributed by atoms with van der Waals surface area (Å²) in [5, 5.41) is 4.43. The fourth-order valence-electron chi connectivity index (χ4n) is 2.96. The van der Waals surface area contributed by atoms with Gasteiger partial charge in [0.1, 0.15) is 12.4 Å². The number of hydrogen-bond acceptors (Lipinski definition) is 4. The van der Waals surface area contributed by atoms with Crippen LogP contribution in [0.2, 0.25) is 0 Å². The molecule has 3 aromatic carbocycles. The molecule has 0 saturated carbocycles. The third-order valence-electron chi connectivity index (χ3n) is 4.47. The Morgan fingerprint density at radius 3 is 2.62 bits per heavy atom. The van der Waals surface area contributed by atoms with Gasteiger partial charge in [-0.1, -0.05) is 24.3 Å². The van der Waals surface area contributed by atoms with Crippen LogP contribution in [0.4, 0.5) is 14.9 Å². The predicted octanol–water partition coefficient (Wildman–Crippen LogP) is 3.40. The van der Waals surface area contributed by atoms with Gasteiger partial charge in [0.25, 0.3) is 0 Å². The molecule has 0 unspecified atom stereocenters. The third-order valence-corrected chi connectivity index (χ3v) is 4.47. The smallest absolute Gasteiger partial charge is 0.368 e. The number of carbonyl (C=O) groups excluding carboxylic acids is 1. The van der Waals surface area contributed by atoms with Crippen molar-refractivity contribution in [1.29, 1.82) is 0 Å². The van der Waals surface area contributed by atoms with Crippen LogP contribution in [-0.2, 0) is 13.2 Å². The van der Waals surface area contributed by atoms with Crippen LogP contribution < -0.4 is 25.5 Å². The number of anilines is 1. The molecule has 0 aromatic heterocycles. The number of hydrogen-bond donors (Lipinski definition) is 1. The van der Waals surface area contributed by atoms with Crippen molar-refractivity contribution in [3.05, 3.63) is 88.3 Å². The zero-order chi connectivity index (χ0) is 20.2. The highest BCUT2D eigenvalue weighted by atomic mass is 19.1. The van der Waals surface area contributed by atoms with Gasteiger partial charge in [-0.25, -0.2) is 9.18 Å². The van der Waals surface area contributed by atoms with E-state index in [4.69, 9.17) is 9.47 Å². The van der Waals surface area contributed by atoms with Gasteiger partial charge >= 0.3 is 6.03 Å². The molecular weight excluding hydrogens is 373 g/mol. The second-order valence-electron chi connectivity index (χ2n) is 6.43. The first-order valence-electron chi connectivity index (χ1n) is 9.01. The number of carbonyl (C=O) groups is 1. The van der Waals surface area contributed by atoms with Gasteiger partial charge in [-0.15, -0.1) is 0 Å². The van der Waals surface area contributed by atoms with Crippen LogP contribution in [-0.4, -0.2) is 13.1 Å². The molecule has 0 radical (unpaired) electrons. The normalized spacial score (nSPS) is 12.0. The van der Waals surface area contributed by atoms with Gasteiger partial charge in [0.2, 0.25) is 0 Å². The van der Waals surface area contributed by atoms with E-state index in [1.54, 1.807) is 43.5 Å². The molecule has 1 N–H and O–H groups in total. The van der Waals surface area contributed by atoms with Crippen LogP contribution in [0.5, 0.6) is 11.5 Å². The van der Waals surface area contributed by atoms with Gasteiger partial charge in [0.15, 0.2) is 11.5 Å². The Kier molecular flexibility index (Phi) is 5.20. The number of benzene rings is 3. The quantitative estimate of drug-likeness (QED) is 0.670. The van der Waals surface area contributed by atoms with Crippen molar-refractivity contribution < 1.29 is 18.7 Å². The molecular formula is C22H18FN3O3. The largest absolute Gasteiger partial charge is 0.493 e. The summed E-state index contributed by atoms with van der Waals surface area (Å²) < 4.78 is 24.9. The van der Waals surface area contributed by atoms with Gasteiger partial charge < -0.3 is 14.8 Å². The van der Waals surface area contributed by atoms with Gasteiger partial charge in [0, 0.05) is 17.8 Å². The second-order valence-corrected chi connectivity index (χ2v) is 6.43. The zero-order valence-electron chi connectivity index (χ0n) is 15.7. The molecule has 0 fully saturated rings. The summed E-state index contributed by atoms with van der Waals surface area (Å²) in [6.45, 7) is 0.650. The third kappa shape index (κ3) is 4.24. The van der Waals surface area contributed by atoms with Crippen LogP contribution in [0, 0.1) is 5.82 Å². The van der Waals surface area contributed by atoms with Crippen molar-refractivity contribution in [2.75, 3.05) is 12.4 Å². The molecule has 0 aliphatic carbocycles. The topological polar surface area (TPSA) is 72.3 Å². The molecule has 1 heterocycles. The number of nitrogens with zero attached hydrogens (tertiary/aromatic N) is 2. The highest BCUT2D eigenvalue weighted by molar-refractivity contribution is 5.77. The minimum atomic E-state index is -0.479. The van der Waals surface area contributed by atoms with Crippen LogP contribution in [0.3, 0.4) is 0 Å². The van der Waals surface area contributed by atoms with E-state index >= 15 is 0 Å². The van der Waals surface area contributed by atoms with Crippen molar-refractivity contribution in [1.82, 2.24) is 0 Å². The lowest BCUT2D eigenvalue weighted by atomic mass is 10.2. The predicted molar refractivity (Wildman–Crippen MR) is 105 cm³/mol. The minimum Gasteiger partial charge on any atom is -0.493 e. The Morgan fingerprint density at radius 1 is 0.966 bits per heavy atom. The lowest BCUT2D eigenvalue weighted by Gasteiger charge is -2.13. The SMILES string of the molecule is COc1cc(CNc2ccc3c(c2)=NC(=O)N=3)ccc1OCc1ccccc1F. The lowest BCUT2D eigenvalue weighted by Crippen LogP contribution is -2.21. The summed E-state index contributed by atoms with van der Waals surface area (Å²) in [5.74, 6) is 0.799. The molecule has 29 heavy (non-hydrogen) atoms. The zero-order valence-corrected chi connectivity index (χ0v) is 15.7. The molecule has 0 spiro atoms. The number of ether oxygens (including phenoxy) is 2. The van der Waals surface area contributed by atoms with E-state index in [-0.39, 0.29) is 12.4 Å². The number of methoxy groups -OCH3 is 1. The summed E-state index contributed by atoms with van der Waals surface area (Å²) in [6, 6.07) is 17.0. The fraction of sp³-hybridized carbons (Fsp3) is 0.136. The first-order valence-corrected chi connectivity index (χ1v) is 9.01.